The first-order valence-electron chi connectivity index (χ1n) is 15.8. The second-order valence-corrected chi connectivity index (χ2v) is 17.7. The van der Waals surface area contributed by atoms with Gasteiger partial charge in [0, 0.05) is 25.2 Å². The van der Waals surface area contributed by atoms with Crippen molar-refractivity contribution in [2.24, 2.45) is 5.92 Å². The molecule has 7 nitrogen and oxygen atoms in total. The molecule has 0 saturated carbocycles. The van der Waals surface area contributed by atoms with Crippen LogP contribution < -0.4 is 14.8 Å². The fourth-order valence-electron chi connectivity index (χ4n) is 7.75. The number of rotatable bonds is 10. The number of aliphatic hydroxyl groups is 1. The zero-order valence-electron chi connectivity index (χ0n) is 25.8. The molecule has 228 valence electrons. The number of carbonyl (C=O) groups excluding carboxylic acids is 2. The van der Waals surface area contributed by atoms with E-state index in [2.05, 4.69) is 50.3 Å². The number of benzene rings is 2. The number of piperidine rings is 1. The number of anilines is 1. The van der Waals surface area contributed by atoms with E-state index in [0.717, 1.165) is 63.1 Å². The van der Waals surface area contributed by atoms with Crippen molar-refractivity contribution in [2.75, 3.05) is 31.7 Å². The third-order valence-corrected chi connectivity index (χ3v) is 14.5. The van der Waals surface area contributed by atoms with Gasteiger partial charge in [-0.25, -0.2) is 0 Å². The predicted octanol–water partition coefficient (Wildman–Crippen LogP) is 4.91. The topological polar surface area (TPSA) is 79.3 Å². The van der Waals surface area contributed by atoms with Crippen molar-refractivity contribution in [3.63, 3.8) is 0 Å². The summed E-state index contributed by atoms with van der Waals surface area (Å²) < 4.78 is 12.3. The van der Waals surface area contributed by atoms with Gasteiger partial charge in [-0.05, 0) is 79.8 Å². The normalized spacial score (nSPS) is 26.6. The SMILES string of the molecule is COc1ccc([Si](C)(C)[C@H]2[C@H](C)[C@H](CCc3cccc(N4CCCCC4=O)c3)O[C@@H]2CC(=O)N2CCC[C@H]2CO)cc1. The highest BCUT2D eigenvalue weighted by molar-refractivity contribution is 6.91. The van der Waals surface area contributed by atoms with Gasteiger partial charge in [0.1, 0.15) is 5.75 Å². The van der Waals surface area contributed by atoms with Crippen molar-refractivity contribution in [2.45, 2.75) is 95.2 Å². The molecule has 2 amide bonds. The van der Waals surface area contributed by atoms with Crippen molar-refractivity contribution in [1.82, 2.24) is 4.90 Å². The lowest BCUT2D eigenvalue weighted by molar-refractivity contribution is -0.135. The molecule has 3 saturated heterocycles. The van der Waals surface area contributed by atoms with Crippen molar-refractivity contribution < 1.29 is 24.2 Å². The molecule has 2 aromatic rings. The molecule has 0 bridgehead atoms. The van der Waals surface area contributed by atoms with Crippen molar-refractivity contribution in [3.8, 4) is 5.75 Å². The molecule has 8 heteroatoms. The number of hydrogen-bond donors (Lipinski definition) is 1. The monoisotopic (exact) mass is 592 g/mol. The maximum atomic E-state index is 13.6. The average molecular weight is 593 g/mol. The summed E-state index contributed by atoms with van der Waals surface area (Å²) in [5.74, 6) is 1.47. The van der Waals surface area contributed by atoms with Gasteiger partial charge in [0.05, 0.1) is 46.5 Å². The van der Waals surface area contributed by atoms with Crippen molar-refractivity contribution in [3.05, 3.63) is 54.1 Å². The van der Waals surface area contributed by atoms with Crippen LogP contribution in [0.1, 0.15) is 57.4 Å². The maximum Gasteiger partial charge on any atom is 0.226 e. The van der Waals surface area contributed by atoms with Crippen molar-refractivity contribution >= 4 is 30.8 Å². The van der Waals surface area contributed by atoms with Gasteiger partial charge in [-0.2, -0.15) is 0 Å². The number of carbonyl (C=O) groups is 2. The van der Waals surface area contributed by atoms with Gasteiger partial charge < -0.3 is 24.4 Å². The Hall–Kier alpha value is -2.68. The molecule has 0 aromatic heterocycles. The van der Waals surface area contributed by atoms with Crippen LogP contribution in [0.25, 0.3) is 0 Å². The third-order valence-electron chi connectivity index (χ3n) is 10.1. The molecule has 3 aliphatic heterocycles. The second-order valence-electron chi connectivity index (χ2n) is 13.0. The highest BCUT2D eigenvalue weighted by atomic mass is 28.3. The zero-order chi connectivity index (χ0) is 29.9. The maximum absolute atomic E-state index is 13.6. The molecule has 5 rings (SSSR count). The van der Waals surface area contributed by atoms with E-state index in [9.17, 15) is 14.7 Å². The summed E-state index contributed by atoms with van der Waals surface area (Å²) in [7, 11) is -0.385. The van der Waals surface area contributed by atoms with Gasteiger partial charge in [0.15, 0.2) is 0 Å². The van der Waals surface area contributed by atoms with Crippen LogP contribution in [0.3, 0.4) is 0 Å². The summed E-state index contributed by atoms with van der Waals surface area (Å²) in [6.07, 6.45) is 6.45. The number of methoxy groups -OCH3 is 1. The molecule has 0 aliphatic carbocycles. The number of amides is 2. The molecule has 3 fully saturated rings. The molecule has 3 aliphatic rings. The van der Waals surface area contributed by atoms with E-state index in [1.54, 1.807) is 7.11 Å². The Labute approximate surface area is 252 Å². The second kappa shape index (κ2) is 13.3. The molecular formula is C34H48N2O5Si. The van der Waals surface area contributed by atoms with E-state index in [4.69, 9.17) is 9.47 Å². The summed E-state index contributed by atoms with van der Waals surface area (Å²) in [4.78, 5) is 29.9. The van der Waals surface area contributed by atoms with Crippen LogP contribution in [0.5, 0.6) is 5.75 Å². The number of nitrogens with zero attached hydrogens (tertiary/aromatic N) is 2. The Bertz CT molecular complexity index is 1230. The largest absolute Gasteiger partial charge is 0.497 e. The number of aryl methyl sites for hydroxylation is 1. The Kier molecular flexibility index (Phi) is 9.75. The molecule has 2 aromatic carbocycles. The van der Waals surface area contributed by atoms with E-state index in [0.29, 0.717) is 18.8 Å². The first-order valence-corrected chi connectivity index (χ1v) is 18.9. The van der Waals surface area contributed by atoms with Gasteiger partial charge in [-0.3, -0.25) is 9.59 Å². The molecule has 0 spiro atoms. The van der Waals surface area contributed by atoms with Gasteiger partial charge >= 0.3 is 0 Å². The van der Waals surface area contributed by atoms with E-state index >= 15 is 0 Å². The first-order chi connectivity index (χ1) is 20.2. The Morgan fingerprint density at radius 3 is 2.57 bits per heavy atom. The standard InChI is InChI=1S/C34H48N2O5Si/c1-24-30(18-13-25-9-7-10-26(21-25)35-19-6-5-12-32(35)38)41-31(22-33(39)36-20-8-11-27(36)23-37)34(24)42(3,4)29-16-14-28(40-2)15-17-29/h7,9-10,14-17,21,24,27,30-31,34,37H,5-6,8,11-13,18-20,22-23H2,1-4H3/t24-,27+,30+,31-,34+/m1/s1. The first kappa shape index (κ1) is 30.8. The summed E-state index contributed by atoms with van der Waals surface area (Å²) in [5, 5.41) is 11.2. The molecule has 0 radical (unpaired) electrons. The Morgan fingerprint density at radius 2 is 1.86 bits per heavy atom. The lowest BCUT2D eigenvalue weighted by atomic mass is 9.94. The third kappa shape index (κ3) is 6.46. The predicted molar refractivity (Wildman–Crippen MR) is 169 cm³/mol. The Morgan fingerprint density at radius 1 is 1.07 bits per heavy atom. The number of aliphatic hydroxyl groups excluding tert-OH is 1. The lowest BCUT2D eigenvalue weighted by Gasteiger charge is -2.36. The lowest BCUT2D eigenvalue weighted by Crippen LogP contribution is -2.51. The van der Waals surface area contributed by atoms with Crippen LogP contribution in [0.2, 0.25) is 18.6 Å². The molecule has 1 N–H and O–H groups in total. The molecular weight excluding hydrogens is 544 g/mol. The highest BCUT2D eigenvalue weighted by Gasteiger charge is 2.51. The smallest absolute Gasteiger partial charge is 0.226 e. The van der Waals surface area contributed by atoms with Gasteiger partial charge in [-0.1, -0.05) is 49.5 Å². The number of ether oxygens (including phenoxy) is 2. The molecule has 0 unspecified atom stereocenters. The molecule has 42 heavy (non-hydrogen) atoms. The van der Waals surface area contributed by atoms with Crippen LogP contribution >= 0.6 is 0 Å². The average Bonchev–Trinajstić information content (AvgIpc) is 3.60. The fraction of sp³-hybridized carbons (Fsp3) is 0.588. The van der Waals surface area contributed by atoms with E-state index < -0.39 is 8.07 Å². The summed E-state index contributed by atoms with van der Waals surface area (Å²) in [6.45, 7) is 8.66. The van der Waals surface area contributed by atoms with E-state index in [-0.39, 0.29) is 42.2 Å². The fourth-order valence-corrected chi connectivity index (χ4v) is 11.8. The summed E-state index contributed by atoms with van der Waals surface area (Å²) in [6, 6.07) is 16.8. The minimum absolute atomic E-state index is 0.0217. The van der Waals surface area contributed by atoms with Gasteiger partial charge in [-0.15, -0.1) is 0 Å². The van der Waals surface area contributed by atoms with Crippen LogP contribution in [0.4, 0.5) is 5.69 Å². The van der Waals surface area contributed by atoms with Crippen LogP contribution in [-0.4, -0.2) is 75.0 Å². The van der Waals surface area contributed by atoms with E-state index in [1.807, 2.05) is 28.0 Å². The number of likely N-dealkylation sites (tertiary alicyclic amines) is 1. The minimum atomic E-state index is -2.07. The highest BCUT2D eigenvalue weighted by Crippen LogP contribution is 2.47. The van der Waals surface area contributed by atoms with Crippen LogP contribution in [0, 0.1) is 5.92 Å². The summed E-state index contributed by atoms with van der Waals surface area (Å²) >= 11 is 0. The number of hydrogen-bond acceptors (Lipinski definition) is 5. The van der Waals surface area contributed by atoms with Crippen LogP contribution in [-0.2, 0) is 20.7 Å². The molecule has 3 heterocycles. The van der Waals surface area contributed by atoms with Crippen LogP contribution in [0.15, 0.2) is 48.5 Å². The van der Waals surface area contributed by atoms with Crippen molar-refractivity contribution in [1.29, 1.82) is 0 Å². The molecule has 5 atom stereocenters. The van der Waals surface area contributed by atoms with E-state index in [1.165, 1.54) is 10.8 Å². The zero-order valence-corrected chi connectivity index (χ0v) is 26.8. The quantitative estimate of drug-likeness (QED) is 0.397. The minimum Gasteiger partial charge on any atom is -0.497 e. The summed E-state index contributed by atoms with van der Waals surface area (Å²) in [5.41, 5.74) is 2.48. The van der Waals surface area contributed by atoms with Gasteiger partial charge in [0.25, 0.3) is 0 Å². The van der Waals surface area contributed by atoms with Gasteiger partial charge in [0.2, 0.25) is 11.8 Å². The Balaban J connectivity index is 1.34.